The lowest BCUT2D eigenvalue weighted by molar-refractivity contribution is -0.118. The summed E-state index contributed by atoms with van der Waals surface area (Å²) in [5.41, 5.74) is 0.579. The minimum Gasteiger partial charge on any atom is -0.343 e. The van der Waals surface area contributed by atoms with Crippen molar-refractivity contribution in [1.82, 2.24) is 10.6 Å². The van der Waals surface area contributed by atoms with Gasteiger partial charge >= 0.3 is 0 Å². The summed E-state index contributed by atoms with van der Waals surface area (Å²) in [6.07, 6.45) is 0. The van der Waals surface area contributed by atoms with Gasteiger partial charge in [0.1, 0.15) is 0 Å². The van der Waals surface area contributed by atoms with Gasteiger partial charge in [-0.15, -0.1) is 0 Å². The molecule has 1 aliphatic heterocycles. The van der Waals surface area contributed by atoms with Crippen LogP contribution in [0.3, 0.4) is 0 Å². The molecule has 0 radical (unpaired) electrons. The van der Waals surface area contributed by atoms with Gasteiger partial charge in [0.15, 0.2) is 5.17 Å². The monoisotopic (exact) mass is 269 g/mol. The molecule has 2 heterocycles. The highest BCUT2D eigenvalue weighted by Gasteiger charge is 2.12. The molecule has 0 saturated carbocycles. The lowest BCUT2D eigenvalue weighted by Crippen LogP contribution is -2.38. The van der Waals surface area contributed by atoms with Crippen LogP contribution in [0.5, 0.6) is 0 Å². The van der Waals surface area contributed by atoms with Crippen LogP contribution < -0.4 is 10.6 Å². The summed E-state index contributed by atoms with van der Waals surface area (Å²) >= 11 is 2.95. The quantitative estimate of drug-likeness (QED) is 0.848. The van der Waals surface area contributed by atoms with Gasteiger partial charge in [-0.05, 0) is 11.4 Å². The molecule has 0 unspecified atom stereocenters. The Morgan fingerprint density at radius 1 is 1.47 bits per heavy atom. The van der Waals surface area contributed by atoms with Crippen LogP contribution in [-0.4, -0.2) is 35.8 Å². The Kier molecular flexibility index (Phi) is 4.16. The zero-order valence-electron chi connectivity index (χ0n) is 8.93. The van der Waals surface area contributed by atoms with E-state index in [0.717, 1.165) is 12.3 Å². The number of aliphatic imine (C=N–C) groups is 1. The predicted molar refractivity (Wildman–Crippen MR) is 69.6 cm³/mol. The van der Waals surface area contributed by atoms with Crippen LogP contribution in [0.2, 0.25) is 0 Å². The first kappa shape index (κ1) is 12.1. The molecule has 1 aliphatic rings. The first-order chi connectivity index (χ1) is 8.25. The molecule has 0 spiro atoms. The second kappa shape index (κ2) is 5.83. The van der Waals surface area contributed by atoms with Crippen molar-refractivity contribution in [2.24, 2.45) is 4.99 Å². The first-order valence-corrected chi connectivity index (χ1v) is 6.96. The number of carbonyl (C=O) groups is 2. The summed E-state index contributed by atoms with van der Waals surface area (Å²) in [4.78, 5) is 27.1. The van der Waals surface area contributed by atoms with E-state index in [2.05, 4.69) is 15.6 Å². The molecule has 5 nitrogen and oxygen atoms in total. The molecule has 2 N–H and O–H groups in total. The fourth-order valence-corrected chi connectivity index (χ4v) is 2.61. The van der Waals surface area contributed by atoms with Crippen molar-refractivity contribution in [3.63, 3.8) is 0 Å². The van der Waals surface area contributed by atoms with E-state index in [4.69, 9.17) is 0 Å². The zero-order chi connectivity index (χ0) is 12.1. The van der Waals surface area contributed by atoms with Crippen molar-refractivity contribution < 1.29 is 9.59 Å². The first-order valence-electron chi connectivity index (χ1n) is 5.03. The molecule has 0 bridgehead atoms. The van der Waals surface area contributed by atoms with Crippen molar-refractivity contribution in [2.75, 3.05) is 18.8 Å². The van der Waals surface area contributed by atoms with Gasteiger partial charge in [0.25, 0.3) is 5.91 Å². The molecule has 2 rings (SSSR count). The Hall–Kier alpha value is -1.34. The summed E-state index contributed by atoms with van der Waals surface area (Å²) < 4.78 is 0. The van der Waals surface area contributed by atoms with Crippen LogP contribution in [0, 0.1) is 0 Å². The third kappa shape index (κ3) is 3.57. The van der Waals surface area contributed by atoms with Crippen molar-refractivity contribution in [1.29, 1.82) is 0 Å². The van der Waals surface area contributed by atoms with Gasteiger partial charge in [-0.25, -0.2) is 0 Å². The van der Waals surface area contributed by atoms with Crippen molar-refractivity contribution in [2.45, 2.75) is 0 Å². The Bertz CT molecular complexity index is 442. The van der Waals surface area contributed by atoms with Crippen LogP contribution >= 0.6 is 23.1 Å². The van der Waals surface area contributed by atoms with Crippen LogP contribution in [0.25, 0.3) is 0 Å². The summed E-state index contributed by atoms with van der Waals surface area (Å²) in [7, 11) is 0. The fraction of sp³-hybridized carbons (Fsp3) is 0.300. The van der Waals surface area contributed by atoms with E-state index >= 15 is 0 Å². The second-order valence-corrected chi connectivity index (χ2v) is 5.14. The third-order valence-corrected chi connectivity index (χ3v) is 3.60. The summed E-state index contributed by atoms with van der Waals surface area (Å²) in [6.45, 7) is 0.704. The molecule has 1 aromatic rings. The van der Waals surface area contributed by atoms with Gasteiger partial charge < -0.3 is 10.6 Å². The lowest BCUT2D eigenvalue weighted by atomic mass is 10.3. The van der Waals surface area contributed by atoms with Crippen LogP contribution in [0.4, 0.5) is 0 Å². The van der Waals surface area contributed by atoms with Gasteiger partial charge in [0.05, 0.1) is 13.1 Å². The number of carbonyl (C=O) groups excluding carboxylic acids is 2. The summed E-state index contributed by atoms with van der Waals surface area (Å²) in [5, 5.41) is 9.39. The van der Waals surface area contributed by atoms with Gasteiger partial charge in [-0.1, -0.05) is 11.8 Å². The van der Waals surface area contributed by atoms with E-state index < -0.39 is 0 Å². The van der Waals surface area contributed by atoms with Crippen LogP contribution in [0.15, 0.2) is 21.8 Å². The van der Waals surface area contributed by atoms with Crippen LogP contribution in [0.1, 0.15) is 10.4 Å². The Morgan fingerprint density at radius 3 is 3.00 bits per heavy atom. The average molecular weight is 269 g/mol. The molecule has 1 aromatic heterocycles. The highest BCUT2D eigenvalue weighted by atomic mass is 32.2. The van der Waals surface area contributed by atoms with Crippen molar-refractivity contribution in [3.05, 3.63) is 22.4 Å². The largest absolute Gasteiger partial charge is 0.343 e. The minimum absolute atomic E-state index is 0.0335. The predicted octanol–water partition coefficient (Wildman–Crippen LogP) is 0.697. The van der Waals surface area contributed by atoms with Gasteiger partial charge in [-0.3, -0.25) is 14.6 Å². The number of hydrogen-bond donors (Lipinski definition) is 2. The standard InChI is InChI=1S/C10H11N3O2S2/c14-8(13-10-11-2-4-17-10)5-12-9(15)7-1-3-16-6-7/h1,3,6H,2,4-5H2,(H,12,15)(H,11,13,14). The highest BCUT2D eigenvalue weighted by molar-refractivity contribution is 8.14. The van der Waals surface area contributed by atoms with E-state index in [9.17, 15) is 9.59 Å². The van der Waals surface area contributed by atoms with Crippen LogP contribution in [-0.2, 0) is 4.79 Å². The number of amidine groups is 1. The lowest BCUT2D eigenvalue weighted by Gasteiger charge is -2.05. The molecule has 2 amide bonds. The van der Waals surface area contributed by atoms with Gasteiger partial charge in [0, 0.05) is 16.7 Å². The molecule has 0 atom stereocenters. The van der Waals surface area contributed by atoms with E-state index in [-0.39, 0.29) is 18.4 Å². The number of amides is 2. The topological polar surface area (TPSA) is 70.6 Å². The Labute approximate surface area is 107 Å². The fourth-order valence-electron chi connectivity index (χ4n) is 1.23. The third-order valence-electron chi connectivity index (χ3n) is 2.02. The van der Waals surface area contributed by atoms with Gasteiger partial charge in [0.2, 0.25) is 5.91 Å². The molecular formula is C10H11N3O2S2. The Morgan fingerprint density at radius 2 is 2.35 bits per heavy atom. The molecule has 17 heavy (non-hydrogen) atoms. The maximum atomic E-state index is 11.5. The number of thioether (sulfide) groups is 1. The van der Waals surface area contributed by atoms with E-state index in [1.807, 2.05) is 5.38 Å². The second-order valence-electron chi connectivity index (χ2n) is 3.28. The van der Waals surface area contributed by atoms with Crippen molar-refractivity contribution in [3.8, 4) is 0 Å². The van der Waals surface area contributed by atoms with E-state index in [1.165, 1.54) is 23.1 Å². The maximum absolute atomic E-state index is 11.5. The number of nitrogens with zero attached hydrogens (tertiary/aromatic N) is 1. The molecule has 90 valence electrons. The summed E-state index contributed by atoms with van der Waals surface area (Å²) in [6, 6.07) is 1.72. The van der Waals surface area contributed by atoms with E-state index in [0.29, 0.717) is 10.7 Å². The smallest absolute Gasteiger partial charge is 0.252 e. The average Bonchev–Trinajstić information content (AvgIpc) is 2.97. The molecule has 0 saturated heterocycles. The number of hydrogen-bond acceptors (Lipinski definition) is 5. The number of rotatable bonds is 3. The minimum atomic E-state index is -0.248. The normalized spacial score (nSPS) is 14.2. The Balaban J connectivity index is 1.74. The number of nitrogens with one attached hydrogen (secondary N) is 2. The molecule has 0 aliphatic carbocycles. The highest BCUT2D eigenvalue weighted by Crippen LogP contribution is 2.08. The molecule has 7 heteroatoms. The molecular weight excluding hydrogens is 258 g/mol. The maximum Gasteiger partial charge on any atom is 0.252 e. The molecule has 0 fully saturated rings. The zero-order valence-corrected chi connectivity index (χ0v) is 10.6. The summed E-state index contributed by atoms with van der Waals surface area (Å²) in [5.74, 6) is 0.417. The van der Waals surface area contributed by atoms with Crippen molar-refractivity contribution >= 4 is 40.1 Å². The van der Waals surface area contributed by atoms with Gasteiger partial charge in [-0.2, -0.15) is 11.3 Å². The SMILES string of the molecule is O=C(CNC(=O)c1ccsc1)NC1=NCCS1. The molecule has 0 aromatic carbocycles. The van der Waals surface area contributed by atoms with E-state index in [1.54, 1.807) is 11.4 Å². The number of thiophene rings is 1.